The predicted molar refractivity (Wildman–Crippen MR) is 66.4 cm³/mol. The second-order valence-corrected chi connectivity index (χ2v) is 4.58. The van der Waals surface area contributed by atoms with Crippen molar-refractivity contribution in [3.63, 3.8) is 0 Å². The number of rotatable bonds is 5. The Morgan fingerprint density at radius 1 is 1.50 bits per heavy atom. The van der Waals surface area contributed by atoms with Crippen LogP contribution in [0.25, 0.3) is 0 Å². The van der Waals surface area contributed by atoms with Gasteiger partial charge in [-0.2, -0.15) is 0 Å². The van der Waals surface area contributed by atoms with Crippen LogP contribution in [0.1, 0.15) is 25.3 Å². The minimum absolute atomic E-state index is 0.0148. The Morgan fingerprint density at radius 3 is 2.89 bits per heavy atom. The lowest BCUT2D eigenvalue weighted by Crippen LogP contribution is -2.45. The quantitative estimate of drug-likeness (QED) is 0.801. The van der Waals surface area contributed by atoms with E-state index in [4.69, 9.17) is 0 Å². The van der Waals surface area contributed by atoms with E-state index < -0.39 is 6.04 Å². The summed E-state index contributed by atoms with van der Waals surface area (Å²) in [7, 11) is 0. The lowest BCUT2D eigenvalue weighted by molar-refractivity contribution is -0.129. The van der Waals surface area contributed by atoms with Gasteiger partial charge >= 0.3 is 0 Å². The average molecular weight is 247 g/mol. The molecule has 5 heteroatoms. The second kappa shape index (κ2) is 5.62. The second-order valence-electron chi connectivity index (χ2n) is 4.58. The number of nitrogens with zero attached hydrogens (tertiary/aromatic N) is 1. The van der Waals surface area contributed by atoms with Crippen molar-refractivity contribution >= 4 is 11.8 Å². The first-order valence-corrected chi connectivity index (χ1v) is 6.14. The molecule has 5 nitrogen and oxygen atoms in total. The number of carbonyl (C=O) groups is 2. The fourth-order valence-electron chi connectivity index (χ4n) is 1.59. The minimum Gasteiger partial charge on any atom is -0.350 e. The van der Waals surface area contributed by atoms with Crippen LogP contribution in [-0.4, -0.2) is 22.8 Å². The molecule has 1 aromatic heterocycles. The summed E-state index contributed by atoms with van der Waals surface area (Å²) < 4.78 is 0. The van der Waals surface area contributed by atoms with Gasteiger partial charge in [-0.15, -0.1) is 0 Å². The van der Waals surface area contributed by atoms with Crippen LogP contribution >= 0.6 is 0 Å². The van der Waals surface area contributed by atoms with E-state index in [1.54, 1.807) is 19.3 Å². The van der Waals surface area contributed by atoms with Gasteiger partial charge in [0.2, 0.25) is 11.8 Å². The fourth-order valence-corrected chi connectivity index (χ4v) is 1.59. The standard InChI is InChI=1S/C13H17N3O2/c1-9(16-13(18)11-4-5-11)12(17)15-8-10-3-2-6-14-7-10/h2-3,6-7,9,11H,4-5,8H2,1H3,(H,15,17)(H,16,18)/t9-/m1/s1. The molecule has 0 bridgehead atoms. The Morgan fingerprint density at radius 2 is 2.28 bits per heavy atom. The monoisotopic (exact) mass is 247 g/mol. The van der Waals surface area contributed by atoms with Crippen LogP contribution in [0.5, 0.6) is 0 Å². The molecular weight excluding hydrogens is 230 g/mol. The molecule has 0 radical (unpaired) electrons. The van der Waals surface area contributed by atoms with E-state index in [-0.39, 0.29) is 17.7 Å². The SMILES string of the molecule is C[C@@H](NC(=O)C1CC1)C(=O)NCc1cccnc1. The third kappa shape index (κ3) is 3.55. The first-order valence-electron chi connectivity index (χ1n) is 6.14. The number of hydrogen-bond donors (Lipinski definition) is 2. The van der Waals surface area contributed by atoms with Gasteiger partial charge in [-0.05, 0) is 31.4 Å². The summed E-state index contributed by atoms with van der Waals surface area (Å²) in [5.41, 5.74) is 0.937. The highest BCUT2D eigenvalue weighted by Gasteiger charge is 2.31. The van der Waals surface area contributed by atoms with Crippen molar-refractivity contribution in [2.24, 2.45) is 5.92 Å². The summed E-state index contributed by atoms with van der Waals surface area (Å²) >= 11 is 0. The molecule has 0 aromatic carbocycles. The van der Waals surface area contributed by atoms with E-state index in [1.165, 1.54) is 0 Å². The van der Waals surface area contributed by atoms with Gasteiger partial charge < -0.3 is 10.6 Å². The van der Waals surface area contributed by atoms with Gasteiger partial charge in [0.05, 0.1) is 0 Å². The van der Waals surface area contributed by atoms with Gasteiger partial charge in [-0.3, -0.25) is 14.6 Å². The average Bonchev–Trinajstić information content (AvgIpc) is 3.21. The summed E-state index contributed by atoms with van der Waals surface area (Å²) in [6.45, 7) is 2.12. The highest BCUT2D eigenvalue weighted by Crippen LogP contribution is 2.28. The van der Waals surface area contributed by atoms with E-state index in [9.17, 15) is 9.59 Å². The summed E-state index contributed by atoms with van der Waals surface area (Å²) in [4.78, 5) is 27.2. The molecule has 1 heterocycles. The summed E-state index contributed by atoms with van der Waals surface area (Å²) in [6.07, 6.45) is 5.27. The zero-order chi connectivity index (χ0) is 13.0. The number of hydrogen-bond acceptors (Lipinski definition) is 3. The Labute approximate surface area is 106 Å². The molecule has 18 heavy (non-hydrogen) atoms. The normalized spacial score (nSPS) is 15.8. The smallest absolute Gasteiger partial charge is 0.242 e. The van der Waals surface area contributed by atoms with Crippen LogP contribution in [0.15, 0.2) is 24.5 Å². The van der Waals surface area contributed by atoms with Crippen molar-refractivity contribution in [2.75, 3.05) is 0 Å². The molecule has 0 saturated heterocycles. The highest BCUT2D eigenvalue weighted by atomic mass is 16.2. The van der Waals surface area contributed by atoms with Gasteiger partial charge in [0, 0.05) is 24.9 Å². The Hall–Kier alpha value is -1.91. The molecule has 1 aromatic rings. The molecule has 1 fully saturated rings. The van der Waals surface area contributed by atoms with Crippen LogP contribution in [0, 0.1) is 5.92 Å². The van der Waals surface area contributed by atoms with Crippen molar-refractivity contribution in [3.8, 4) is 0 Å². The predicted octanol–water partition coefficient (Wildman–Crippen LogP) is 0.612. The summed E-state index contributed by atoms with van der Waals surface area (Å²) in [5, 5.41) is 5.48. The van der Waals surface area contributed by atoms with Gasteiger partial charge in [0.15, 0.2) is 0 Å². The fraction of sp³-hybridized carbons (Fsp3) is 0.462. The van der Waals surface area contributed by atoms with Gasteiger partial charge in [0.1, 0.15) is 6.04 Å². The molecule has 0 unspecified atom stereocenters. The maximum absolute atomic E-state index is 11.7. The van der Waals surface area contributed by atoms with Gasteiger partial charge in [-0.1, -0.05) is 6.07 Å². The van der Waals surface area contributed by atoms with E-state index in [2.05, 4.69) is 15.6 Å². The van der Waals surface area contributed by atoms with Gasteiger partial charge in [-0.25, -0.2) is 0 Å². The van der Waals surface area contributed by atoms with Crippen LogP contribution in [0.4, 0.5) is 0 Å². The van der Waals surface area contributed by atoms with Crippen molar-refractivity contribution < 1.29 is 9.59 Å². The molecule has 2 N–H and O–H groups in total. The molecule has 2 amide bonds. The highest BCUT2D eigenvalue weighted by molar-refractivity contribution is 5.88. The first-order chi connectivity index (χ1) is 8.66. The third-order valence-electron chi connectivity index (χ3n) is 2.89. The zero-order valence-corrected chi connectivity index (χ0v) is 10.3. The summed E-state index contributed by atoms with van der Waals surface area (Å²) in [5.74, 6) is -0.0644. The molecule has 0 aliphatic heterocycles. The Kier molecular flexibility index (Phi) is 3.92. The van der Waals surface area contributed by atoms with E-state index in [1.807, 2.05) is 12.1 Å². The number of nitrogens with one attached hydrogen (secondary N) is 2. The van der Waals surface area contributed by atoms with Crippen LogP contribution in [0.3, 0.4) is 0 Å². The third-order valence-corrected chi connectivity index (χ3v) is 2.89. The Bertz CT molecular complexity index is 429. The Balaban J connectivity index is 1.75. The van der Waals surface area contributed by atoms with Crippen molar-refractivity contribution in [2.45, 2.75) is 32.4 Å². The van der Waals surface area contributed by atoms with Crippen molar-refractivity contribution in [3.05, 3.63) is 30.1 Å². The van der Waals surface area contributed by atoms with Crippen molar-refractivity contribution in [1.82, 2.24) is 15.6 Å². The molecule has 2 rings (SSSR count). The van der Waals surface area contributed by atoms with Crippen LogP contribution < -0.4 is 10.6 Å². The van der Waals surface area contributed by atoms with Crippen LogP contribution in [0.2, 0.25) is 0 Å². The lowest BCUT2D eigenvalue weighted by Gasteiger charge is -2.13. The molecule has 1 saturated carbocycles. The van der Waals surface area contributed by atoms with Gasteiger partial charge in [0.25, 0.3) is 0 Å². The largest absolute Gasteiger partial charge is 0.350 e. The lowest BCUT2D eigenvalue weighted by atomic mass is 10.2. The topological polar surface area (TPSA) is 71.1 Å². The van der Waals surface area contributed by atoms with Crippen molar-refractivity contribution in [1.29, 1.82) is 0 Å². The number of aromatic nitrogens is 1. The molecule has 1 aliphatic carbocycles. The molecule has 1 atom stereocenters. The molecule has 0 spiro atoms. The van der Waals surface area contributed by atoms with E-state index in [0.29, 0.717) is 6.54 Å². The molecule has 96 valence electrons. The molecule has 1 aliphatic rings. The maximum atomic E-state index is 11.7. The minimum atomic E-state index is -0.491. The van der Waals surface area contributed by atoms with Crippen LogP contribution in [-0.2, 0) is 16.1 Å². The summed E-state index contributed by atoms with van der Waals surface area (Å²) in [6, 6.07) is 3.22. The number of amides is 2. The first kappa shape index (κ1) is 12.5. The molecular formula is C13H17N3O2. The van der Waals surface area contributed by atoms with E-state index >= 15 is 0 Å². The number of pyridine rings is 1. The maximum Gasteiger partial charge on any atom is 0.242 e. The number of carbonyl (C=O) groups excluding carboxylic acids is 2. The van der Waals surface area contributed by atoms with E-state index in [0.717, 1.165) is 18.4 Å². The zero-order valence-electron chi connectivity index (χ0n) is 10.3.